The summed E-state index contributed by atoms with van der Waals surface area (Å²) in [6.45, 7) is 4.71. The van der Waals surface area contributed by atoms with Crippen molar-refractivity contribution >= 4 is 17.3 Å². The van der Waals surface area contributed by atoms with Crippen molar-refractivity contribution in [2.75, 3.05) is 11.9 Å². The molecule has 1 heterocycles. The van der Waals surface area contributed by atoms with E-state index in [0.29, 0.717) is 12.2 Å². The van der Waals surface area contributed by atoms with Gasteiger partial charge in [0, 0.05) is 12.2 Å². The van der Waals surface area contributed by atoms with E-state index in [9.17, 15) is 4.79 Å². The first-order valence-electron chi connectivity index (χ1n) is 8.74. The van der Waals surface area contributed by atoms with Crippen molar-refractivity contribution in [3.8, 4) is 0 Å². The van der Waals surface area contributed by atoms with Crippen molar-refractivity contribution in [1.82, 2.24) is 10.3 Å². The van der Waals surface area contributed by atoms with Crippen LogP contribution in [0.1, 0.15) is 27.2 Å². The highest BCUT2D eigenvalue weighted by atomic mass is 16.1. The maximum Gasteiger partial charge on any atom is 0.269 e. The normalized spacial score (nSPS) is 10.4. The van der Waals surface area contributed by atoms with Crippen LogP contribution in [0.2, 0.25) is 0 Å². The van der Waals surface area contributed by atoms with Crippen LogP contribution in [0.25, 0.3) is 0 Å². The average molecular weight is 345 g/mol. The molecule has 2 N–H and O–H groups in total. The largest absolute Gasteiger partial charge is 0.354 e. The number of amides is 1. The Balaban J connectivity index is 1.56. The monoisotopic (exact) mass is 345 g/mol. The molecule has 0 saturated carbocycles. The maximum absolute atomic E-state index is 12.2. The van der Waals surface area contributed by atoms with E-state index in [1.54, 1.807) is 12.3 Å². The number of nitrogens with zero attached hydrogens (tertiary/aromatic N) is 1. The fourth-order valence-electron chi connectivity index (χ4n) is 2.68. The summed E-state index contributed by atoms with van der Waals surface area (Å²) in [5, 5.41) is 6.26. The van der Waals surface area contributed by atoms with Crippen molar-refractivity contribution in [2.24, 2.45) is 0 Å². The van der Waals surface area contributed by atoms with Gasteiger partial charge in [0.25, 0.3) is 5.91 Å². The number of benzene rings is 2. The zero-order chi connectivity index (χ0) is 18.4. The number of anilines is 2. The van der Waals surface area contributed by atoms with Gasteiger partial charge in [0.15, 0.2) is 0 Å². The third-order valence-electron chi connectivity index (χ3n) is 4.21. The van der Waals surface area contributed by atoms with E-state index in [-0.39, 0.29) is 5.91 Å². The van der Waals surface area contributed by atoms with Crippen LogP contribution < -0.4 is 10.6 Å². The van der Waals surface area contributed by atoms with Crippen LogP contribution in [0.4, 0.5) is 11.4 Å². The minimum atomic E-state index is -0.154. The Morgan fingerprint density at radius 2 is 1.81 bits per heavy atom. The van der Waals surface area contributed by atoms with Gasteiger partial charge in [-0.25, -0.2) is 4.98 Å². The molecule has 0 atom stereocenters. The minimum absolute atomic E-state index is 0.154. The quantitative estimate of drug-likeness (QED) is 0.695. The SMILES string of the molecule is Cc1ccc(C)c(Nc2ccc(C(=O)NCCc3ccccc3)nc2)c1. The van der Waals surface area contributed by atoms with Gasteiger partial charge in [-0.2, -0.15) is 0 Å². The number of aromatic nitrogens is 1. The second-order valence-electron chi connectivity index (χ2n) is 6.37. The summed E-state index contributed by atoms with van der Waals surface area (Å²) >= 11 is 0. The molecule has 0 aliphatic carbocycles. The summed E-state index contributed by atoms with van der Waals surface area (Å²) < 4.78 is 0. The van der Waals surface area contributed by atoms with Crippen molar-refractivity contribution in [3.63, 3.8) is 0 Å². The second kappa shape index (κ2) is 8.30. The number of rotatable bonds is 6. The summed E-state index contributed by atoms with van der Waals surface area (Å²) in [6.07, 6.45) is 2.49. The Bertz CT molecular complexity index is 874. The molecule has 1 amide bonds. The van der Waals surface area contributed by atoms with E-state index >= 15 is 0 Å². The van der Waals surface area contributed by atoms with Crippen LogP contribution in [0.3, 0.4) is 0 Å². The van der Waals surface area contributed by atoms with Gasteiger partial charge in [0.2, 0.25) is 0 Å². The van der Waals surface area contributed by atoms with Crippen LogP contribution in [-0.4, -0.2) is 17.4 Å². The summed E-state index contributed by atoms with van der Waals surface area (Å²) in [4.78, 5) is 16.5. The van der Waals surface area contributed by atoms with Gasteiger partial charge in [0.1, 0.15) is 5.69 Å². The Hall–Kier alpha value is -3.14. The lowest BCUT2D eigenvalue weighted by Crippen LogP contribution is -2.26. The van der Waals surface area contributed by atoms with Crippen LogP contribution in [0.5, 0.6) is 0 Å². The molecular weight excluding hydrogens is 322 g/mol. The van der Waals surface area contributed by atoms with E-state index in [1.165, 1.54) is 16.7 Å². The van der Waals surface area contributed by atoms with Crippen LogP contribution in [-0.2, 0) is 6.42 Å². The van der Waals surface area contributed by atoms with Gasteiger partial charge in [0.05, 0.1) is 11.9 Å². The van der Waals surface area contributed by atoms with E-state index in [1.807, 2.05) is 24.3 Å². The lowest BCUT2D eigenvalue weighted by molar-refractivity contribution is 0.0949. The van der Waals surface area contributed by atoms with Crippen molar-refractivity contribution in [2.45, 2.75) is 20.3 Å². The zero-order valence-electron chi connectivity index (χ0n) is 15.1. The van der Waals surface area contributed by atoms with E-state index in [0.717, 1.165) is 17.8 Å². The maximum atomic E-state index is 12.2. The number of nitrogens with one attached hydrogen (secondary N) is 2. The summed E-state index contributed by atoms with van der Waals surface area (Å²) in [6, 6.07) is 20.0. The number of aryl methyl sites for hydroxylation is 2. The number of carbonyl (C=O) groups is 1. The fraction of sp³-hybridized carbons (Fsp3) is 0.182. The third kappa shape index (κ3) is 4.70. The number of hydrogen-bond acceptors (Lipinski definition) is 3. The Morgan fingerprint density at radius 1 is 1.00 bits per heavy atom. The molecule has 0 unspecified atom stereocenters. The molecule has 0 spiro atoms. The standard InChI is InChI=1S/C22H23N3O/c1-16-8-9-17(2)21(14-16)25-19-10-11-20(24-15-19)22(26)23-13-12-18-6-4-3-5-7-18/h3-11,14-15,25H,12-13H2,1-2H3,(H,23,26). The molecule has 0 aliphatic heterocycles. The topological polar surface area (TPSA) is 54.0 Å². The van der Waals surface area contributed by atoms with Crippen molar-refractivity contribution < 1.29 is 4.79 Å². The molecule has 3 aromatic rings. The summed E-state index contributed by atoms with van der Waals surface area (Å²) in [7, 11) is 0. The third-order valence-corrected chi connectivity index (χ3v) is 4.21. The van der Waals surface area contributed by atoms with Crippen LogP contribution in [0.15, 0.2) is 66.9 Å². The first-order chi connectivity index (χ1) is 12.6. The van der Waals surface area contributed by atoms with Crippen molar-refractivity contribution in [1.29, 1.82) is 0 Å². The lowest BCUT2D eigenvalue weighted by atomic mass is 10.1. The molecule has 4 nitrogen and oxygen atoms in total. The molecule has 0 radical (unpaired) electrons. The van der Waals surface area contributed by atoms with E-state index in [4.69, 9.17) is 0 Å². The molecule has 132 valence electrons. The Labute approximate surface area is 154 Å². The molecule has 4 heteroatoms. The van der Waals surface area contributed by atoms with Gasteiger partial charge in [-0.05, 0) is 55.2 Å². The second-order valence-corrected chi connectivity index (χ2v) is 6.37. The molecule has 2 aromatic carbocycles. The molecule has 1 aromatic heterocycles. The van der Waals surface area contributed by atoms with Gasteiger partial charge in [-0.1, -0.05) is 42.5 Å². The predicted octanol–water partition coefficient (Wildman–Crippen LogP) is 4.41. The number of hydrogen-bond donors (Lipinski definition) is 2. The molecule has 0 bridgehead atoms. The van der Waals surface area contributed by atoms with Gasteiger partial charge < -0.3 is 10.6 Å². The number of carbonyl (C=O) groups excluding carboxylic acids is 1. The summed E-state index contributed by atoms with van der Waals surface area (Å²) in [5.41, 5.74) is 5.89. The highest BCUT2D eigenvalue weighted by Crippen LogP contribution is 2.21. The van der Waals surface area contributed by atoms with Crippen LogP contribution in [0, 0.1) is 13.8 Å². The highest BCUT2D eigenvalue weighted by Gasteiger charge is 2.07. The fourth-order valence-corrected chi connectivity index (χ4v) is 2.68. The predicted molar refractivity (Wildman–Crippen MR) is 106 cm³/mol. The first kappa shape index (κ1) is 17.7. The molecule has 26 heavy (non-hydrogen) atoms. The molecule has 0 fully saturated rings. The molecular formula is C22H23N3O. The molecule has 3 rings (SSSR count). The zero-order valence-corrected chi connectivity index (χ0v) is 15.1. The van der Waals surface area contributed by atoms with Gasteiger partial charge in [-0.15, -0.1) is 0 Å². The van der Waals surface area contributed by atoms with E-state index < -0.39 is 0 Å². The molecule has 0 aliphatic rings. The van der Waals surface area contributed by atoms with Gasteiger partial charge >= 0.3 is 0 Å². The Morgan fingerprint density at radius 3 is 2.54 bits per heavy atom. The van der Waals surface area contributed by atoms with Crippen molar-refractivity contribution in [3.05, 3.63) is 89.2 Å². The first-order valence-corrected chi connectivity index (χ1v) is 8.74. The smallest absolute Gasteiger partial charge is 0.269 e. The summed E-state index contributed by atoms with van der Waals surface area (Å²) in [5.74, 6) is -0.154. The molecule has 0 saturated heterocycles. The minimum Gasteiger partial charge on any atom is -0.354 e. The number of pyridine rings is 1. The van der Waals surface area contributed by atoms with Crippen LogP contribution >= 0.6 is 0 Å². The lowest BCUT2D eigenvalue weighted by Gasteiger charge is -2.11. The van der Waals surface area contributed by atoms with Gasteiger partial charge in [-0.3, -0.25) is 4.79 Å². The highest BCUT2D eigenvalue weighted by molar-refractivity contribution is 5.92. The average Bonchev–Trinajstić information content (AvgIpc) is 2.66. The van der Waals surface area contributed by atoms with E-state index in [2.05, 4.69) is 59.8 Å². The Kier molecular flexibility index (Phi) is 5.64.